The average molecular weight is 390 g/mol. The Balaban J connectivity index is 1.74. The molecule has 0 saturated carbocycles. The zero-order valence-electron chi connectivity index (χ0n) is 16.2. The smallest absolute Gasteiger partial charge is 0.305 e. The molecule has 0 spiro atoms. The van der Waals surface area contributed by atoms with Gasteiger partial charge in [0.2, 0.25) is 5.69 Å². The lowest BCUT2D eigenvalue weighted by molar-refractivity contribution is -0.141. The predicted molar refractivity (Wildman–Crippen MR) is 101 cm³/mol. The molecule has 4 rings (SSSR count). The summed E-state index contributed by atoms with van der Waals surface area (Å²) in [6.45, 7) is 11.6. The lowest BCUT2D eigenvalue weighted by atomic mass is 10.0. The maximum absolute atomic E-state index is 14.7. The number of esters is 1. The molecule has 8 heteroatoms. The van der Waals surface area contributed by atoms with Crippen LogP contribution >= 0.6 is 0 Å². The van der Waals surface area contributed by atoms with Gasteiger partial charge >= 0.3 is 5.97 Å². The molecular formula is C20H24F2N4O2. The van der Waals surface area contributed by atoms with Gasteiger partial charge in [-0.3, -0.25) is 4.79 Å². The number of fused-ring (bicyclic) bond motifs is 1. The standard InChI is InChI=1S/C20H24F2N4O2/c1-12-5-9-26(12)19-17(23-2)16-14(4-7-20(16,21)22)18(24-19)25-8-6-13(11-25)10-15(27)28-3/h12-13H,4-11H2,1,3H3/t12-,13?/m0/s1. The summed E-state index contributed by atoms with van der Waals surface area (Å²) in [6, 6.07) is 0.194. The third kappa shape index (κ3) is 2.97. The highest BCUT2D eigenvalue weighted by atomic mass is 19.3. The first-order chi connectivity index (χ1) is 13.4. The number of anilines is 2. The van der Waals surface area contributed by atoms with Gasteiger partial charge in [-0.05, 0) is 37.7 Å². The summed E-state index contributed by atoms with van der Waals surface area (Å²) in [5.74, 6) is -2.17. The molecule has 0 bridgehead atoms. The van der Waals surface area contributed by atoms with Crippen molar-refractivity contribution >= 4 is 23.3 Å². The van der Waals surface area contributed by atoms with Gasteiger partial charge in [0.1, 0.15) is 11.6 Å². The predicted octanol–water partition coefficient (Wildman–Crippen LogP) is 3.66. The number of hydrogen-bond donors (Lipinski definition) is 0. The summed E-state index contributed by atoms with van der Waals surface area (Å²) in [4.78, 5) is 23.8. The van der Waals surface area contributed by atoms with Gasteiger partial charge in [0.15, 0.2) is 0 Å². The van der Waals surface area contributed by atoms with Gasteiger partial charge in [0.05, 0.1) is 20.1 Å². The van der Waals surface area contributed by atoms with E-state index in [1.54, 1.807) is 0 Å². The molecule has 1 aromatic rings. The fourth-order valence-electron chi connectivity index (χ4n) is 4.53. The van der Waals surface area contributed by atoms with Crippen LogP contribution in [0.4, 0.5) is 26.1 Å². The highest BCUT2D eigenvalue weighted by Crippen LogP contribution is 2.53. The van der Waals surface area contributed by atoms with Gasteiger partial charge in [-0.15, -0.1) is 0 Å². The van der Waals surface area contributed by atoms with E-state index in [0.29, 0.717) is 36.7 Å². The summed E-state index contributed by atoms with van der Waals surface area (Å²) in [5, 5.41) is 0. The van der Waals surface area contributed by atoms with E-state index in [0.717, 1.165) is 19.4 Å². The van der Waals surface area contributed by atoms with Crippen molar-refractivity contribution in [3.8, 4) is 0 Å². The molecule has 2 fully saturated rings. The molecule has 0 N–H and O–H groups in total. The molecule has 0 amide bonds. The van der Waals surface area contributed by atoms with Crippen LogP contribution in [0.5, 0.6) is 0 Å². The second-order valence-corrected chi connectivity index (χ2v) is 7.99. The van der Waals surface area contributed by atoms with Crippen molar-refractivity contribution in [3.63, 3.8) is 0 Å². The molecule has 0 radical (unpaired) electrons. The summed E-state index contributed by atoms with van der Waals surface area (Å²) in [7, 11) is 1.37. The number of hydrogen-bond acceptors (Lipinski definition) is 5. The van der Waals surface area contributed by atoms with E-state index >= 15 is 0 Å². The van der Waals surface area contributed by atoms with Crippen molar-refractivity contribution < 1.29 is 18.3 Å². The zero-order chi connectivity index (χ0) is 20.1. The molecule has 150 valence electrons. The number of halogens is 2. The lowest BCUT2D eigenvalue weighted by Gasteiger charge is -2.41. The molecule has 1 aliphatic carbocycles. The molecular weight excluding hydrogens is 366 g/mol. The summed E-state index contributed by atoms with van der Waals surface area (Å²) in [5.41, 5.74) is 0.391. The van der Waals surface area contributed by atoms with Crippen LogP contribution < -0.4 is 9.80 Å². The van der Waals surface area contributed by atoms with E-state index in [1.165, 1.54) is 7.11 Å². The number of pyridine rings is 1. The lowest BCUT2D eigenvalue weighted by Crippen LogP contribution is -2.46. The molecule has 0 aromatic carbocycles. The number of methoxy groups -OCH3 is 1. The minimum atomic E-state index is -3.00. The van der Waals surface area contributed by atoms with E-state index in [2.05, 4.69) is 4.85 Å². The van der Waals surface area contributed by atoms with Crippen molar-refractivity contribution in [2.24, 2.45) is 5.92 Å². The Kier molecular flexibility index (Phi) is 4.64. The Hall–Kier alpha value is -2.43. The number of alkyl halides is 2. The van der Waals surface area contributed by atoms with Crippen molar-refractivity contribution in [2.45, 2.75) is 51.0 Å². The first kappa shape index (κ1) is 18.9. The number of nitrogens with zero attached hydrogens (tertiary/aromatic N) is 4. The van der Waals surface area contributed by atoms with Crippen molar-refractivity contribution in [2.75, 3.05) is 36.5 Å². The molecule has 2 aliphatic heterocycles. The highest BCUT2D eigenvalue weighted by Gasteiger charge is 2.46. The second-order valence-electron chi connectivity index (χ2n) is 7.99. The average Bonchev–Trinajstić information content (AvgIpc) is 3.24. The number of aromatic nitrogens is 1. The van der Waals surface area contributed by atoms with Crippen molar-refractivity contribution in [1.29, 1.82) is 0 Å². The fourth-order valence-corrected chi connectivity index (χ4v) is 4.53. The number of carbonyl (C=O) groups is 1. The Morgan fingerprint density at radius 3 is 2.75 bits per heavy atom. The number of rotatable bonds is 4. The van der Waals surface area contributed by atoms with Gasteiger partial charge in [-0.25, -0.2) is 18.6 Å². The molecule has 3 heterocycles. The van der Waals surface area contributed by atoms with Gasteiger partial charge < -0.3 is 14.5 Å². The van der Waals surface area contributed by atoms with E-state index in [4.69, 9.17) is 16.3 Å². The summed E-state index contributed by atoms with van der Waals surface area (Å²) < 4.78 is 34.2. The number of carbonyl (C=O) groups excluding carboxylic acids is 1. The van der Waals surface area contributed by atoms with Gasteiger partial charge in [-0.2, -0.15) is 0 Å². The van der Waals surface area contributed by atoms with Crippen molar-refractivity contribution in [3.05, 3.63) is 22.5 Å². The van der Waals surface area contributed by atoms with Gasteiger partial charge in [-0.1, -0.05) is 0 Å². The molecule has 6 nitrogen and oxygen atoms in total. The second kappa shape index (κ2) is 6.87. The normalized spacial score (nSPS) is 25.2. The van der Waals surface area contributed by atoms with E-state index < -0.39 is 5.92 Å². The molecule has 28 heavy (non-hydrogen) atoms. The Bertz CT molecular complexity index is 852. The SMILES string of the molecule is [C-]#[N+]c1c(N2CC[C@@H]2C)nc(N2CCC(CC(=O)OC)C2)c2c1C(F)(F)CC2. The van der Waals surface area contributed by atoms with Crippen LogP contribution in [0, 0.1) is 12.5 Å². The zero-order valence-corrected chi connectivity index (χ0v) is 16.2. The molecule has 3 aliphatic rings. The Morgan fingerprint density at radius 1 is 1.36 bits per heavy atom. The first-order valence-electron chi connectivity index (χ1n) is 9.76. The molecule has 1 unspecified atom stereocenters. The topological polar surface area (TPSA) is 50.0 Å². The minimum absolute atomic E-state index is 0.0121. The van der Waals surface area contributed by atoms with Gasteiger partial charge in [0.25, 0.3) is 5.92 Å². The summed E-state index contributed by atoms with van der Waals surface area (Å²) >= 11 is 0. The Morgan fingerprint density at radius 2 is 2.14 bits per heavy atom. The highest BCUT2D eigenvalue weighted by molar-refractivity contribution is 5.79. The molecule has 2 atom stereocenters. The fraction of sp³-hybridized carbons (Fsp3) is 0.650. The third-order valence-electron chi connectivity index (χ3n) is 6.26. The van der Waals surface area contributed by atoms with Crippen LogP contribution in [0.2, 0.25) is 0 Å². The van der Waals surface area contributed by atoms with Crippen LogP contribution in [0.25, 0.3) is 4.85 Å². The largest absolute Gasteiger partial charge is 0.469 e. The van der Waals surface area contributed by atoms with Crippen LogP contribution in [-0.2, 0) is 21.9 Å². The van der Waals surface area contributed by atoms with Crippen LogP contribution in [0.3, 0.4) is 0 Å². The quantitative estimate of drug-likeness (QED) is 0.580. The first-order valence-corrected chi connectivity index (χ1v) is 9.76. The minimum Gasteiger partial charge on any atom is -0.469 e. The van der Waals surface area contributed by atoms with Crippen molar-refractivity contribution in [1.82, 2.24) is 4.98 Å². The van der Waals surface area contributed by atoms with Crippen LogP contribution in [-0.4, -0.2) is 43.7 Å². The van der Waals surface area contributed by atoms with E-state index in [1.807, 2.05) is 16.7 Å². The van der Waals surface area contributed by atoms with Gasteiger partial charge in [0, 0.05) is 37.7 Å². The van der Waals surface area contributed by atoms with Crippen LogP contribution in [0.1, 0.15) is 43.7 Å². The Labute approximate surface area is 163 Å². The van der Waals surface area contributed by atoms with E-state index in [9.17, 15) is 13.6 Å². The van der Waals surface area contributed by atoms with E-state index in [-0.39, 0.29) is 42.0 Å². The van der Waals surface area contributed by atoms with Crippen LogP contribution in [0.15, 0.2) is 0 Å². The summed E-state index contributed by atoms with van der Waals surface area (Å²) in [6.07, 6.45) is 2.02. The maximum atomic E-state index is 14.7. The molecule has 1 aromatic heterocycles. The monoisotopic (exact) mass is 390 g/mol. The molecule has 2 saturated heterocycles. The third-order valence-corrected chi connectivity index (χ3v) is 6.26. The maximum Gasteiger partial charge on any atom is 0.305 e. The number of ether oxygens (including phenoxy) is 1.